The van der Waals surface area contributed by atoms with Gasteiger partial charge in [0.25, 0.3) is 0 Å². The van der Waals surface area contributed by atoms with E-state index in [0.717, 1.165) is 12.3 Å². The lowest BCUT2D eigenvalue weighted by molar-refractivity contribution is 0.643. The molecule has 0 heterocycles. The molecule has 0 amide bonds. The fourth-order valence-electron chi connectivity index (χ4n) is 1.57. The average Bonchev–Trinajstić information content (AvgIpc) is 2.03. The van der Waals surface area contributed by atoms with Crippen molar-refractivity contribution < 1.29 is 0 Å². The van der Waals surface area contributed by atoms with E-state index in [2.05, 4.69) is 61.6 Å². The Bertz CT molecular complexity index is 276. The molecule has 0 nitrogen and oxygen atoms in total. The Morgan fingerprint density at radius 2 is 1.92 bits per heavy atom. The van der Waals surface area contributed by atoms with Crippen molar-refractivity contribution in [2.24, 2.45) is 5.92 Å². The van der Waals surface area contributed by atoms with Gasteiger partial charge in [0.15, 0.2) is 0 Å². The highest BCUT2D eigenvalue weighted by molar-refractivity contribution is 14.1. The zero-order valence-electron chi connectivity index (χ0n) is 8.60. The third-order valence-electron chi connectivity index (χ3n) is 2.18. The second-order valence-corrected chi connectivity index (χ2v) is 5.11. The van der Waals surface area contributed by atoms with E-state index < -0.39 is 0 Å². The van der Waals surface area contributed by atoms with Gasteiger partial charge in [-0.15, -0.1) is 0 Å². The third kappa shape index (κ3) is 3.29. The number of aryl methyl sites for hydroxylation is 1. The second-order valence-electron chi connectivity index (χ2n) is 3.86. The Kier molecular flexibility index (Phi) is 4.23. The molecular weight excluding hydrogens is 271 g/mol. The lowest BCUT2D eigenvalue weighted by Crippen LogP contribution is -1.99. The quantitative estimate of drug-likeness (QED) is 0.736. The van der Waals surface area contributed by atoms with Crippen LogP contribution in [-0.2, 0) is 12.8 Å². The van der Waals surface area contributed by atoms with Crippen LogP contribution in [0.5, 0.6) is 0 Å². The first-order valence-electron chi connectivity index (χ1n) is 4.90. The lowest BCUT2D eigenvalue weighted by Gasteiger charge is -2.10. The first-order chi connectivity index (χ1) is 6.13. The van der Waals surface area contributed by atoms with Crippen LogP contribution in [0.2, 0.25) is 0 Å². The summed E-state index contributed by atoms with van der Waals surface area (Å²) in [5.74, 6) is 0.753. The summed E-state index contributed by atoms with van der Waals surface area (Å²) in [4.78, 5) is 0. The zero-order chi connectivity index (χ0) is 9.84. The van der Waals surface area contributed by atoms with E-state index in [9.17, 15) is 0 Å². The summed E-state index contributed by atoms with van der Waals surface area (Å²) < 4.78 is 1.35. The molecule has 1 heteroatoms. The molecule has 1 rings (SSSR count). The van der Waals surface area contributed by atoms with Gasteiger partial charge >= 0.3 is 0 Å². The van der Waals surface area contributed by atoms with Gasteiger partial charge in [-0.25, -0.2) is 0 Å². The highest BCUT2D eigenvalue weighted by atomic mass is 127. The first-order valence-corrected chi connectivity index (χ1v) is 5.98. The molecule has 0 aliphatic carbocycles. The predicted molar refractivity (Wildman–Crippen MR) is 67.1 cm³/mol. The Balaban J connectivity index is 2.94. The Hall–Kier alpha value is -0.0500. The molecular formula is C12H17I. The highest BCUT2D eigenvalue weighted by Crippen LogP contribution is 2.17. The molecule has 1 aromatic carbocycles. The van der Waals surface area contributed by atoms with Gasteiger partial charge in [0.05, 0.1) is 0 Å². The number of rotatable bonds is 3. The van der Waals surface area contributed by atoms with Crippen LogP contribution in [-0.4, -0.2) is 0 Å². The van der Waals surface area contributed by atoms with Crippen molar-refractivity contribution in [2.75, 3.05) is 0 Å². The van der Waals surface area contributed by atoms with Gasteiger partial charge < -0.3 is 0 Å². The molecule has 0 N–H and O–H groups in total. The summed E-state index contributed by atoms with van der Waals surface area (Å²) in [6.45, 7) is 6.78. The van der Waals surface area contributed by atoms with Crippen LogP contribution in [0, 0.1) is 9.49 Å². The summed E-state index contributed by atoms with van der Waals surface area (Å²) >= 11 is 2.39. The average molecular weight is 288 g/mol. The van der Waals surface area contributed by atoms with E-state index in [-0.39, 0.29) is 0 Å². The SMILES string of the molecule is CCc1ccc(I)cc1CC(C)C. The van der Waals surface area contributed by atoms with Gasteiger partial charge in [0.2, 0.25) is 0 Å². The summed E-state index contributed by atoms with van der Waals surface area (Å²) in [7, 11) is 0. The molecule has 0 fully saturated rings. The van der Waals surface area contributed by atoms with Crippen LogP contribution in [0.25, 0.3) is 0 Å². The molecule has 0 atom stereocenters. The van der Waals surface area contributed by atoms with Gasteiger partial charge in [0.1, 0.15) is 0 Å². The van der Waals surface area contributed by atoms with E-state index in [1.165, 1.54) is 21.1 Å². The van der Waals surface area contributed by atoms with E-state index >= 15 is 0 Å². The van der Waals surface area contributed by atoms with Gasteiger partial charge in [-0.3, -0.25) is 0 Å². The number of hydrogen-bond acceptors (Lipinski definition) is 0. The second kappa shape index (κ2) is 4.99. The third-order valence-corrected chi connectivity index (χ3v) is 2.85. The van der Waals surface area contributed by atoms with Crippen LogP contribution in [0.1, 0.15) is 31.9 Å². The van der Waals surface area contributed by atoms with Crippen LogP contribution < -0.4 is 0 Å². The molecule has 0 saturated carbocycles. The van der Waals surface area contributed by atoms with Crippen LogP contribution in [0.15, 0.2) is 18.2 Å². The predicted octanol–water partition coefficient (Wildman–Crippen LogP) is 4.05. The molecule has 1 aromatic rings. The molecule has 0 aliphatic rings. The van der Waals surface area contributed by atoms with Crippen molar-refractivity contribution in [2.45, 2.75) is 33.6 Å². The fourth-order valence-corrected chi connectivity index (χ4v) is 2.12. The minimum atomic E-state index is 0.753. The van der Waals surface area contributed by atoms with Crippen LogP contribution in [0.3, 0.4) is 0 Å². The molecule has 0 aliphatic heterocycles. The van der Waals surface area contributed by atoms with Crippen molar-refractivity contribution in [3.8, 4) is 0 Å². The van der Waals surface area contributed by atoms with E-state index in [4.69, 9.17) is 0 Å². The molecule has 13 heavy (non-hydrogen) atoms. The standard InChI is InChI=1S/C12H17I/c1-4-10-5-6-12(13)8-11(10)7-9(2)3/h5-6,8-9H,4,7H2,1-3H3. The van der Waals surface area contributed by atoms with Crippen molar-refractivity contribution in [3.63, 3.8) is 0 Å². The molecule has 0 unspecified atom stereocenters. The zero-order valence-corrected chi connectivity index (χ0v) is 10.8. The Morgan fingerprint density at radius 3 is 2.46 bits per heavy atom. The van der Waals surface area contributed by atoms with Crippen molar-refractivity contribution in [3.05, 3.63) is 32.9 Å². The molecule has 0 aromatic heterocycles. The molecule has 0 saturated heterocycles. The maximum atomic E-state index is 2.39. The topological polar surface area (TPSA) is 0 Å². The van der Waals surface area contributed by atoms with Gasteiger partial charge in [-0.1, -0.05) is 26.8 Å². The largest absolute Gasteiger partial charge is 0.0625 e. The maximum Gasteiger partial charge on any atom is 0.0133 e. The smallest absolute Gasteiger partial charge is 0.0133 e. The lowest BCUT2D eigenvalue weighted by atomic mass is 9.97. The van der Waals surface area contributed by atoms with Gasteiger partial charge in [-0.2, -0.15) is 0 Å². The van der Waals surface area contributed by atoms with Crippen molar-refractivity contribution in [1.82, 2.24) is 0 Å². The fraction of sp³-hybridized carbons (Fsp3) is 0.500. The van der Waals surface area contributed by atoms with Crippen molar-refractivity contribution >= 4 is 22.6 Å². The van der Waals surface area contributed by atoms with Gasteiger partial charge in [-0.05, 0) is 64.6 Å². The molecule has 72 valence electrons. The van der Waals surface area contributed by atoms with Crippen LogP contribution >= 0.6 is 22.6 Å². The summed E-state index contributed by atoms with van der Waals surface area (Å²) in [6, 6.07) is 6.78. The Labute approximate surface area is 94.9 Å². The van der Waals surface area contributed by atoms with E-state index in [0.29, 0.717) is 0 Å². The van der Waals surface area contributed by atoms with Crippen LogP contribution in [0.4, 0.5) is 0 Å². The molecule has 0 radical (unpaired) electrons. The number of benzene rings is 1. The summed E-state index contributed by atoms with van der Waals surface area (Å²) in [6.07, 6.45) is 2.36. The number of halogens is 1. The minimum absolute atomic E-state index is 0.753. The van der Waals surface area contributed by atoms with E-state index in [1.807, 2.05) is 0 Å². The monoisotopic (exact) mass is 288 g/mol. The van der Waals surface area contributed by atoms with Gasteiger partial charge in [0, 0.05) is 3.57 Å². The maximum absolute atomic E-state index is 2.39. The first kappa shape index (κ1) is 11.0. The normalized spacial score (nSPS) is 10.8. The molecule has 0 bridgehead atoms. The highest BCUT2D eigenvalue weighted by Gasteiger charge is 2.03. The Morgan fingerprint density at radius 1 is 1.23 bits per heavy atom. The summed E-state index contributed by atoms with van der Waals surface area (Å²) in [5.41, 5.74) is 3.04. The number of hydrogen-bond donors (Lipinski definition) is 0. The van der Waals surface area contributed by atoms with E-state index in [1.54, 1.807) is 0 Å². The van der Waals surface area contributed by atoms with Crippen molar-refractivity contribution in [1.29, 1.82) is 0 Å². The summed E-state index contributed by atoms with van der Waals surface area (Å²) in [5, 5.41) is 0. The molecule has 0 spiro atoms. The minimum Gasteiger partial charge on any atom is -0.0625 e.